The summed E-state index contributed by atoms with van der Waals surface area (Å²) < 4.78 is 0. The van der Waals surface area contributed by atoms with Crippen LogP contribution in [-0.2, 0) is 9.59 Å². The van der Waals surface area contributed by atoms with E-state index in [1.54, 1.807) is 0 Å². The lowest BCUT2D eigenvalue weighted by Crippen LogP contribution is -2.35. The number of benzene rings is 2. The van der Waals surface area contributed by atoms with E-state index in [4.69, 9.17) is 0 Å². The molecule has 0 bridgehead atoms. The van der Waals surface area contributed by atoms with Crippen molar-refractivity contribution in [3.05, 3.63) is 59.7 Å². The molecule has 1 saturated carbocycles. The maximum atomic E-state index is 13.0. The highest BCUT2D eigenvalue weighted by Crippen LogP contribution is 2.41. The van der Waals surface area contributed by atoms with Crippen LogP contribution in [0.1, 0.15) is 30.4 Å². The first-order valence-corrected chi connectivity index (χ1v) is 9.38. The van der Waals surface area contributed by atoms with Crippen LogP contribution in [0.25, 0.3) is 12.2 Å². The minimum atomic E-state index is -1.40. The van der Waals surface area contributed by atoms with Gasteiger partial charge < -0.3 is 25.5 Å². The van der Waals surface area contributed by atoms with Gasteiger partial charge in [-0.05, 0) is 66.8 Å². The second-order valence-electron chi connectivity index (χ2n) is 7.37. The Hall–Kier alpha value is -3.58. The van der Waals surface area contributed by atoms with E-state index < -0.39 is 23.1 Å². The lowest BCUT2D eigenvalue weighted by Gasteiger charge is -2.22. The number of aromatic hydroxyl groups is 4. The van der Waals surface area contributed by atoms with E-state index in [1.165, 1.54) is 60.7 Å². The fourth-order valence-electron chi connectivity index (χ4n) is 3.54. The van der Waals surface area contributed by atoms with E-state index in [9.17, 15) is 35.1 Å². The zero-order valence-electron chi connectivity index (χ0n) is 16.0. The molecule has 0 amide bonds. The summed E-state index contributed by atoms with van der Waals surface area (Å²) in [5.74, 6) is -2.15. The predicted molar refractivity (Wildman–Crippen MR) is 110 cm³/mol. The summed E-state index contributed by atoms with van der Waals surface area (Å²) in [6.45, 7) is 0. The molecule has 30 heavy (non-hydrogen) atoms. The molecule has 2 aromatic rings. The quantitative estimate of drug-likeness (QED) is 0.281. The maximum Gasteiger partial charge on any atom is 0.169 e. The van der Waals surface area contributed by atoms with Crippen molar-refractivity contribution in [2.45, 2.75) is 25.4 Å². The zero-order chi connectivity index (χ0) is 21.9. The van der Waals surface area contributed by atoms with Gasteiger partial charge in [0.2, 0.25) is 0 Å². The average molecular weight is 410 g/mol. The van der Waals surface area contributed by atoms with Crippen LogP contribution in [0.2, 0.25) is 0 Å². The molecule has 3 rings (SSSR count). The Balaban J connectivity index is 1.84. The topological polar surface area (TPSA) is 135 Å². The Kier molecular flexibility index (Phi) is 5.94. The van der Waals surface area contributed by atoms with Gasteiger partial charge in [-0.25, -0.2) is 0 Å². The number of phenolic OH excluding ortho intramolecular Hbond substituents is 4. The highest BCUT2D eigenvalue weighted by atomic mass is 16.3. The first-order chi connectivity index (χ1) is 14.2. The van der Waals surface area contributed by atoms with Crippen LogP contribution in [0.4, 0.5) is 0 Å². The fraction of sp³-hybridized carbons (Fsp3) is 0.217. The minimum absolute atomic E-state index is 0.000994. The monoisotopic (exact) mass is 410 g/mol. The van der Waals surface area contributed by atoms with Crippen LogP contribution < -0.4 is 0 Å². The van der Waals surface area contributed by atoms with Crippen molar-refractivity contribution in [1.29, 1.82) is 0 Å². The summed E-state index contributed by atoms with van der Waals surface area (Å²) >= 11 is 0. The van der Waals surface area contributed by atoms with Crippen LogP contribution in [0.5, 0.6) is 23.0 Å². The van der Waals surface area contributed by atoms with Gasteiger partial charge in [-0.2, -0.15) is 0 Å². The van der Waals surface area contributed by atoms with Crippen molar-refractivity contribution >= 4 is 23.7 Å². The van der Waals surface area contributed by atoms with E-state index in [-0.39, 0.29) is 35.8 Å². The largest absolute Gasteiger partial charge is 0.504 e. The zero-order valence-corrected chi connectivity index (χ0v) is 16.0. The standard InChI is InChI=1S/C23H22O7/c24-16-9-10-23(13-16,21(29)7-3-14-1-5-17(25)19(27)11-14)22(30)8-4-15-2-6-18(26)20(28)12-15/h1-8,11-12,16,24-28H,9-10,13H2/t16-,23?/m0/s1. The van der Waals surface area contributed by atoms with Crippen LogP contribution in [0.3, 0.4) is 0 Å². The molecule has 0 aliphatic heterocycles. The Morgan fingerprint density at radius 2 is 1.27 bits per heavy atom. The van der Waals surface area contributed by atoms with E-state index in [0.29, 0.717) is 17.5 Å². The number of aliphatic hydroxyl groups is 1. The number of carbonyl (C=O) groups excluding carboxylic acids is 2. The van der Waals surface area contributed by atoms with Gasteiger partial charge in [-0.3, -0.25) is 9.59 Å². The molecule has 0 aromatic heterocycles. The lowest BCUT2D eigenvalue weighted by molar-refractivity contribution is -0.135. The SMILES string of the molecule is O=C(C=Cc1ccc(O)c(O)c1)C1(C(=O)C=Cc2ccc(O)c(O)c2)CC[C@H](O)C1. The average Bonchev–Trinajstić information content (AvgIpc) is 3.12. The van der Waals surface area contributed by atoms with Crippen LogP contribution in [0.15, 0.2) is 48.6 Å². The van der Waals surface area contributed by atoms with Crippen molar-refractivity contribution in [2.24, 2.45) is 5.41 Å². The molecule has 7 heteroatoms. The highest BCUT2D eigenvalue weighted by Gasteiger charge is 2.48. The summed E-state index contributed by atoms with van der Waals surface area (Å²) in [5.41, 5.74) is -0.463. The Bertz CT molecular complexity index is 962. The Morgan fingerprint density at radius 3 is 1.63 bits per heavy atom. The first kappa shape index (κ1) is 21.1. The summed E-state index contributed by atoms with van der Waals surface area (Å²) in [6.07, 6.45) is 5.09. The van der Waals surface area contributed by atoms with Crippen molar-refractivity contribution in [2.75, 3.05) is 0 Å². The van der Waals surface area contributed by atoms with E-state index in [0.717, 1.165) is 0 Å². The second-order valence-corrected chi connectivity index (χ2v) is 7.37. The van der Waals surface area contributed by atoms with Gasteiger partial charge in [-0.1, -0.05) is 24.3 Å². The van der Waals surface area contributed by atoms with Crippen LogP contribution in [-0.4, -0.2) is 43.2 Å². The first-order valence-electron chi connectivity index (χ1n) is 9.38. The molecule has 5 N–H and O–H groups in total. The highest BCUT2D eigenvalue weighted by molar-refractivity contribution is 6.17. The molecule has 1 aliphatic rings. The molecular weight excluding hydrogens is 388 g/mol. The summed E-state index contributed by atoms with van der Waals surface area (Å²) in [5, 5.41) is 47.9. The summed E-state index contributed by atoms with van der Waals surface area (Å²) in [6, 6.07) is 8.16. The number of carbonyl (C=O) groups is 2. The van der Waals surface area contributed by atoms with Gasteiger partial charge in [0.05, 0.1) is 11.5 Å². The normalized spacial score (nSPS) is 21.4. The van der Waals surface area contributed by atoms with Gasteiger partial charge in [0.25, 0.3) is 0 Å². The molecule has 0 unspecified atom stereocenters. The minimum Gasteiger partial charge on any atom is -0.504 e. The van der Waals surface area contributed by atoms with Gasteiger partial charge in [0.1, 0.15) is 0 Å². The van der Waals surface area contributed by atoms with E-state index in [2.05, 4.69) is 0 Å². The molecule has 156 valence electrons. The molecular formula is C23H22O7. The van der Waals surface area contributed by atoms with Gasteiger partial charge >= 0.3 is 0 Å². The number of ketones is 2. The molecule has 7 nitrogen and oxygen atoms in total. The number of hydrogen-bond donors (Lipinski definition) is 5. The maximum absolute atomic E-state index is 13.0. The van der Waals surface area contributed by atoms with Crippen molar-refractivity contribution in [1.82, 2.24) is 0 Å². The van der Waals surface area contributed by atoms with Crippen LogP contribution >= 0.6 is 0 Å². The smallest absolute Gasteiger partial charge is 0.169 e. The molecule has 0 radical (unpaired) electrons. The van der Waals surface area contributed by atoms with E-state index >= 15 is 0 Å². The van der Waals surface area contributed by atoms with Crippen molar-refractivity contribution in [3.8, 4) is 23.0 Å². The molecule has 0 saturated heterocycles. The van der Waals surface area contributed by atoms with E-state index in [1.807, 2.05) is 0 Å². The lowest BCUT2D eigenvalue weighted by atomic mass is 9.76. The molecule has 1 fully saturated rings. The number of rotatable bonds is 6. The number of phenols is 4. The molecule has 2 aromatic carbocycles. The van der Waals surface area contributed by atoms with Gasteiger partial charge in [0, 0.05) is 0 Å². The van der Waals surface area contributed by atoms with Crippen LogP contribution in [0, 0.1) is 5.41 Å². The fourth-order valence-corrected chi connectivity index (χ4v) is 3.54. The molecule has 1 aliphatic carbocycles. The summed E-state index contributed by atoms with van der Waals surface area (Å²) in [4.78, 5) is 25.9. The third-order valence-electron chi connectivity index (χ3n) is 5.29. The van der Waals surface area contributed by atoms with Gasteiger partial charge in [-0.15, -0.1) is 0 Å². The second kappa shape index (κ2) is 8.42. The van der Waals surface area contributed by atoms with Gasteiger partial charge in [0.15, 0.2) is 34.6 Å². The number of allylic oxidation sites excluding steroid dienone is 2. The Labute approximate surface area is 172 Å². The third kappa shape index (κ3) is 4.36. The number of aliphatic hydroxyl groups excluding tert-OH is 1. The molecule has 0 spiro atoms. The molecule has 1 atom stereocenters. The third-order valence-corrected chi connectivity index (χ3v) is 5.29. The summed E-state index contributed by atoms with van der Waals surface area (Å²) in [7, 11) is 0. The van der Waals surface area contributed by atoms with Crippen molar-refractivity contribution < 1.29 is 35.1 Å². The number of hydrogen-bond acceptors (Lipinski definition) is 7. The van der Waals surface area contributed by atoms with Crippen molar-refractivity contribution in [3.63, 3.8) is 0 Å². The Morgan fingerprint density at radius 1 is 0.800 bits per heavy atom. The predicted octanol–water partition coefficient (Wildman–Crippen LogP) is 2.91. The molecule has 0 heterocycles.